The normalized spacial score (nSPS) is 26.0. The molecule has 1 fully saturated rings. The maximum absolute atomic E-state index is 9.75. The molecule has 2 rings (SSSR count). The number of hydrogen-bond acceptors (Lipinski definition) is 3. The summed E-state index contributed by atoms with van der Waals surface area (Å²) in [6.45, 7) is 6.75. The van der Waals surface area contributed by atoms with Gasteiger partial charge in [0.05, 0.1) is 6.07 Å². The maximum atomic E-state index is 9.75. The zero-order valence-corrected chi connectivity index (χ0v) is 13.5. The summed E-state index contributed by atoms with van der Waals surface area (Å²) in [7, 11) is 1.89. The van der Waals surface area contributed by atoms with Crippen LogP contribution in [0, 0.1) is 17.2 Å². The molecule has 1 aliphatic rings. The first-order chi connectivity index (χ1) is 10.1. The third-order valence-electron chi connectivity index (χ3n) is 4.91. The lowest BCUT2D eigenvalue weighted by Crippen LogP contribution is -2.46. The molecule has 0 saturated carbocycles. The molecule has 1 aromatic rings. The van der Waals surface area contributed by atoms with Gasteiger partial charge in [0, 0.05) is 19.1 Å². The van der Waals surface area contributed by atoms with Gasteiger partial charge in [-0.25, -0.2) is 0 Å². The van der Waals surface area contributed by atoms with Gasteiger partial charge in [0.1, 0.15) is 5.54 Å². The van der Waals surface area contributed by atoms with E-state index in [1.165, 1.54) is 12.8 Å². The van der Waals surface area contributed by atoms with E-state index >= 15 is 0 Å². The van der Waals surface area contributed by atoms with Crippen LogP contribution < -0.4 is 5.32 Å². The molecule has 1 saturated heterocycles. The molecule has 3 nitrogen and oxygen atoms in total. The Kier molecular flexibility index (Phi) is 5.39. The Morgan fingerprint density at radius 1 is 1.29 bits per heavy atom. The van der Waals surface area contributed by atoms with Crippen LogP contribution >= 0.6 is 0 Å². The first-order valence-electron chi connectivity index (χ1n) is 8.01. The Balaban J connectivity index is 2.09. The lowest BCUT2D eigenvalue weighted by atomic mass is 9.87. The number of hydrogen-bond donors (Lipinski definition) is 1. The van der Waals surface area contributed by atoms with Crippen LogP contribution in [0.15, 0.2) is 30.3 Å². The van der Waals surface area contributed by atoms with E-state index in [0.717, 1.165) is 31.0 Å². The van der Waals surface area contributed by atoms with Gasteiger partial charge in [-0.2, -0.15) is 5.26 Å². The minimum absolute atomic E-state index is 0.582. The van der Waals surface area contributed by atoms with Crippen molar-refractivity contribution < 1.29 is 0 Å². The minimum atomic E-state index is -0.582. The predicted octanol–water partition coefficient (Wildman–Crippen LogP) is 3.14. The van der Waals surface area contributed by atoms with Crippen molar-refractivity contribution in [2.75, 3.05) is 20.1 Å². The van der Waals surface area contributed by atoms with Crippen LogP contribution in [-0.2, 0) is 5.54 Å². The van der Waals surface area contributed by atoms with Crippen LogP contribution in [-0.4, -0.2) is 31.1 Å². The molecule has 21 heavy (non-hydrogen) atoms. The standard InChI is InChI=1S/C18H27N3/c1-15-9-10-16(2)21(13-15)12-11-18(14-19,20-3)17-7-5-4-6-8-17/h4-8,15-16,20H,9-13H2,1-3H3. The van der Waals surface area contributed by atoms with Crippen LogP contribution in [0.2, 0.25) is 0 Å². The molecule has 0 aromatic heterocycles. The highest BCUT2D eigenvalue weighted by Crippen LogP contribution is 2.27. The van der Waals surface area contributed by atoms with E-state index in [4.69, 9.17) is 0 Å². The van der Waals surface area contributed by atoms with E-state index in [9.17, 15) is 5.26 Å². The average Bonchev–Trinajstić information content (AvgIpc) is 2.53. The Labute approximate surface area is 129 Å². The van der Waals surface area contributed by atoms with Gasteiger partial charge in [-0.1, -0.05) is 37.3 Å². The lowest BCUT2D eigenvalue weighted by molar-refractivity contribution is 0.115. The summed E-state index contributed by atoms with van der Waals surface area (Å²) in [4.78, 5) is 2.54. The highest BCUT2D eigenvalue weighted by atomic mass is 15.2. The number of nitrogens with zero attached hydrogens (tertiary/aromatic N) is 2. The quantitative estimate of drug-likeness (QED) is 0.903. The number of nitriles is 1. The fourth-order valence-corrected chi connectivity index (χ4v) is 3.32. The van der Waals surface area contributed by atoms with E-state index in [1.54, 1.807) is 0 Å². The largest absolute Gasteiger partial charge is 0.300 e. The highest BCUT2D eigenvalue weighted by Gasteiger charge is 2.32. The third kappa shape index (κ3) is 3.64. The van der Waals surface area contributed by atoms with Crippen LogP contribution in [0.5, 0.6) is 0 Å². The van der Waals surface area contributed by atoms with E-state index in [-0.39, 0.29) is 0 Å². The summed E-state index contributed by atoms with van der Waals surface area (Å²) >= 11 is 0. The number of piperidine rings is 1. The van der Waals surface area contributed by atoms with Gasteiger partial charge in [0.25, 0.3) is 0 Å². The molecule has 0 spiro atoms. The number of nitrogens with one attached hydrogen (secondary N) is 1. The molecule has 1 heterocycles. The first kappa shape index (κ1) is 16.0. The second-order valence-corrected chi connectivity index (χ2v) is 6.41. The van der Waals surface area contributed by atoms with Gasteiger partial charge in [-0.05, 0) is 44.7 Å². The van der Waals surface area contributed by atoms with Crippen molar-refractivity contribution in [3.8, 4) is 6.07 Å². The molecule has 1 aliphatic heterocycles. The van der Waals surface area contributed by atoms with Gasteiger partial charge in [0.15, 0.2) is 0 Å². The van der Waals surface area contributed by atoms with E-state index in [0.29, 0.717) is 6.04 Å². The zero-order valence-electron chi connectivity index (χ0n) is 13.5. The van der Waals surface area contributed by atoms with Gasteiger partial charge < -0.3 is 4.90 Å². The molecule has 0 radical (unpaired) electrons. The number of benzene rings is 1. The molecule has 3 atom stereocenters. The van der Waals surface area contributed by atoms with Crippen molar-refractivity contribution in [2.45, 2.75) is 44.7 Å². The second kappa shape index (κ2) is 7.06. The molecule has 1 aromatic carbocycles. The van der Waals surface area contributed by atoms with E-state index < -0.39 is 5.54 Å². The van der Waals surface area contributed by atoms with Gasteiger partial charge in [0.2, 0.25) is 0 Å². The lowest BCUT2D eigenvalue weighted by Gasteiger charge is -2.38. The van der Waals surface area contributed by atoms with Crippen molar-refractivity contribution >= 4 is 0 Å². The number of rotatable bonds is 5. The Hall–Kier alpha value is -1.37. The van der Waals surface area contributed by atoms with Gasteiger partial charge >= 0.3 is 0 Å². The highest BCUT2D eigenvalue weighted by molar-refractivity contribution is 5.31. The minimum Gasteiger partial charge on any atom is -0.300 e. The SMILES string of the molecule is CNC(C#N)(CCN1CC(C)CCC1C)c1ccccc1. The van der Waals surface area contributed by atoms with Crippen LogP contribution in [0.4, 0.5) is 0 Å². The summed E-state index contributed by atoms with van der Waals surface area (Å²) in [5.41, 5.74) is 0.481. The van der Waals surface area contributed by atoms with Crippen molar-refractivity contribution in [1.29, 1.82) is 5.26 Å². The molecule has 1 N–H and O–H groups in total. The zero-order chi connectivity index (χ0) is 15.3. The van der Waals surface area contributed by atoms with Crippen molar-refractivity contribution in [3.63, 3.8) is 0 Å². The Morgan fingerprint density at radius 3 is 2.62 bits per heavy atom. The molecule has 114 valence electrons. The van der Waals surface area contributed by atoms with Crippen LogP contribution in [0.1, 0.15) is 38.7 Å². The monoisotopic (exact) mass is 285 g/mol. The fraction of sp³-hybridized carbons (Fsp3) is 0.611. The van der Waals surface area contributed by atoms with Crippen molar-refractivity contribution in [2.24, 2.45) is 5.92 Å². The Morgan fingerprint density at radius 2 is 2.00 bits per heavy atom. The first-order valence-corrected chi connectivity index (χ1v) is 8.01. The summed E-state index contributed by atoms with van der Waals surface area (Å²) in [5, 5.41) is 13.0. The average molecular weight is 285 g/mol. The van der Waals surface area contributed by atoms with Crippen molar-refractivity contribution in [3.05, 3.63) is 35.9 Å². The van der Waals surface area contributed by atoms with Gasteiger partial charge in [-0.3, -0.25) is 5.32 Å². The number of likely N-dealkylation sites (tertiary alicyclic amines) is 1. The Bertz CT molecular complexity index is 479. The molecular formula is C18H27N3. The molecular weight excluding hydrogens is 258 g/mol. The molecule has 3 heteroatoms. The fourth-order valence-electron chi connectivity index (χ4n) is 3.32. The second-order valence-electron chi connectivity index (χ2n) is 6.41. The topological polar surface area (TPSA) is 39.1 Å². The third-order valence-corrected chi connectivity index (χ3v) is 4.91. The predicted molar refractivity (Wildman–Crippen MR) is 86.8 cm³/mol. The van der Waals surface area contributed by atoms with Crippen LogP contribution in [0.25, 0.3) is 0 Å². The molecule has 3 unspecified atom stereocenters. The molecule has 0 bridgehead atoms. The van der Waals surface area contributed by atoms with Crippen LogP contribution in [0.3, 0.4) is 0 Å². The van der Waals surface area contributed by atoms with Crippen molar-refractivity contribution in [1.82, 2.24) is 10.2 Å². The summed E-state index contributed by atoms with van der Waals surface area (Å²) in [6.07, 6.45) is 3.42. The summed E-state index contributed by atoms with van der Waals surface area (Å²) < 4.78 is 0. The summed E-state index contributed by atoms with van der Waals surface area (Å²) in [6, 6.07) is 13.2. The smallest absolute Gasteiger partial charge is 0.133 e. The van der Waals surface area contributed by atoms with E-state index in [1.807, 2.05) is 37.4 Å². The van der Waals surface area contributed by atoms with Gasteiger partial charge in [-0.15, -0.1) is 0 Å². The summed E-state index contributed by atoms with van der Waals surface area (Å²) in [5.74, 6) is 0.768. The molecule has 0 aliphatic carbocycles. The molecule has 0 amide bonds. The maximum Gasteiger partial charge on any atom is 0.133 e. The van der Waals surface area contributed by atoms with E-state index in [2.05, 4.69) is 30.1 Å².